The lowest BCUT2D eigenvalue weighted by Gasteiger charge is -2.32. The number of fused-ring (bicyclic) bond motifs is 2. The maximum atomic E-state index is 13.3. The number of nitrogens with zero attached hydrogens (tertiary/aromatic N) is 2. The quantitative estimate of drug-likeness (QED) is 0.156. The van der Waals surface area contributed by atoms with Crippen LogP contribution in [0.25, 0.3) is 20.2 Å². The van der Waals surface area contributed by atoms with Crippen molar-refractivity contribution in [2.45, 2.75) is 31.7 Å². The van der Waals surface area contributed by atoms with Gasteiger partial charge in [0.25, 0.3) is 5.91 Å². The highest BCUT2D eigenvalue weighted by Crippen LogP contribution is 2.29. The number of amides is 1. The Bertz CT molecular complexity index is 1760. The van der Waals surface area contributed by atoms with Gasteiger partial charge >= 0.3 is 11.9 Å². The number of carbonyl (C=O) groups excluding carboxylic acids is 1. The van der Waals surface area contributed by atoms with Gasteiger partial charge in [0.05, 0.1) is 24.5 Å². The summed E-state index contributed by atoms with van der Waals surface area (Å²) < 4.78 is 12.4. The van der Waals surface area contributed by atoms with Crippen molar-refractivity contribution >= 4 is 49.4 Å². The number of likely N-dealkylation sites (N-methyl/N-ethyl adjacent to an activating group) is 1. The molecule has 0 unspecified atom stereocenters. The van der Waals surface area contributed by atoms with E-state index in [-0.39, 0.29) is 17.4 Å². The van der Waals surface area contributed by atoms with Crippen molar-refractivity contribution in [3.05, 3.63) is 82.0 Å². The standard InChI is InChI=1S/C33H39N3O4S.C2H2O4/c1-35(19-14-23-12-13-28(39-2)29(22-23)40-3)17-7-18-36-20-15-24(16-21-36)34-33(38)27-10-6-9-26-31(37)25-8-4-5-11-30(25)41-32(26)27;3-1(4)2(5)6/h4-6,8-13,22,24H,7,14-21H2,1-3H3,(H,34,38);(H,3,4)(H,5,6). The molecule has 1 aliphatic heterocycles. The molecule has 0 aliphatic carbocycles. The van der Waals surface area contributed by atoms with E-state index in [0.717, 1.165) is 79.3 Å². The summed E-state index contributed by atoms with van der Waals surface area (Å²) in [5.41, 5.74) is 1.82. The molecule has 250 valence electrons. The van der Waals surface area contributed by atoms with Gasteiger partial charge in [0.1, 0.15) is 0 Å². The molecule has 47 heavy (non-hydrogen) atoms. The van der Waals surface area contributed by atoms with Gasteiger partial charge in [-0.25, -0.2) is 9.59 Å². The smallest absolute Gasteiger partial charge is 0.414 e. The second-order valence-electron chi connectivity index (χ2n) is 11.4. The van der Waals surface area contributed by atoms with E-state index >= 15 is 0 Å². The third-order valence-electron chi connectivity index (χ3n) is 8.20. The van der Waals surface area contributed by atoms with Crippen LogP contribution >= 0.6 is 11.3 Å². The third kappa shape index (κ3) is 9.50. The van der Waals surface area contributed by atoms with E-state index in [1.54, 1.807) is 14.2 Å². The summed E-state index contributed by atoms with van der Waals surface area (Å²) >= 11 is 1.52. The summed E-state index contributed by atoms with van der Waals surface area (Å²) in [4.78, 5) is 49.4. The lowest BCUT2D eigenvalue weighted by atomic mass is 10.0. The summed E-state index contributed by atoms with van der Waals surface area (Å²) in [5, 5.41) is 19.4. The molecular formula is C35H41N3O8S. The van der Waals surface area contributed by atoms with E-state index in [1.807, 2.05) is 48.5 Å². The van der Waals surface area contributed by atoms with E-state index in [1.165, 1.54) is 16.9 Å². The minimum Gasteiger partial charge on any atom is -0.493 e. The fourth-order valence-corrected chi connectivity index (χ4v) is 6.78. The van der Waals surface area contributed by atoms with Gasteiger partial charge in [-0.1, -0.05) is 24.3 Å². The molecule has 3 aromatic carbocycles. The number of piperidine rings is 1. The number of carbonyl (C=O) groups is 3. The first-order valence-corrected chi connectivity index (χ1v) is 16.3. The predicted octanol–water partition coefficient (Wildman–Crippen LogP) is 4.35. The predicted molar refractivity (Wildman–Crippen MR) is 183 cm³/mol. The first-order valence-electron chi connectivity index (χ1n) is 15.4. The number of aliphatic carboxylic acids is 2. The zero-order valence-corrected chi connectivity index (χ0v) is 27.7. The van der Waals surface area contributed by atoms with Crippen molar-refractivity contribution in [2.24, 2.45) is 0 Å². The van der Waals surface area contributed by atoms with Gasteiger partial charge in [0.2, 0.25) is 0 Å². The van der Waals surface area contributed by atoms with Crippen molar-refractivity contribution in [1.29, 1.82) is 0 Å². The topological polar surface area (TPSA) is 146 Å². The molecule has 1 aromatic heterocycles. The van der Waals surface area contributed by atoms with Gasteiger partial charge in [-0.3, -0.25) is 9.59 Å². The Labute approximate surface area is 277 Å². The summed E-state index contributed by atoms with van der Waals surface area (Å²) in [7, 11) is 5.50. The zero-order valence-electron chi connectivity index (χ0n) is 26.9. The van der Waals surface area contributed by atoms with E-state index in [0.29, 0.717) is 16.3 Å². The van der Waals surface area contributed by atoms with Crippen molar-refractivity contribution in [3.8, 4) is 11.5 Å². The molecule has 5 rings (SSSR count). The van der Waals surface area contributed by atoms with Crippen molar-refractivity contribution in [3.63, 3.8) is 0 Å². The summed E-state index contributed by atoms with van der Waals surface area (Å²) in [6.45, 7) is 5.05. The van der Waals surface area contributed by atoms with Crippen LogP contribution in [0.4, 0.5) is 0 Å². The second kappa shape index (κ2) is 16.9. The fraction of sp³-hybridized carbons (Fsp3) is 0.371. The monoisotopic (exact) mass is 663 g/mol. The van der Waals surface area contributed by atoms with Gasteiger partial charge in [0.15, 0.2) is 16.9 Å². The van der Waals surface area contributed by atoms with Crippen LogP contribution < -0.4 is 20.2 Å². The van der Waals surface area contributed by atoms with E-state index in [4.69, 9.17) is 29.3 Å². The van der Waals surface area contributed by atoms with Crippen LogP contribution in [0.15, 0.2) is 65.5 Å². The SMILES string of the molecule is COc1ccc(CCN(C)CCCN2CCC(NC(=O)c3cccc4c(=O)c5ccccc5sc34)CC2)cc1OC.O=C(O)C(=O)O. The van der Waals surface area contributed by atoms with Gasteiger partial charge in [-0.15, -0.1) is 11.3 Å². The summed E-state index contributed by atoms with van der Waals surface area (Å²) in [5.74, 6) is -2.20. The van der Waals surface area contributed by atoms with E-state index < -0.39 is 11.9 Å². The van der Waals surface area contributed by atoms with Crippen molar-refractivity contribution in [2.75, 3.05) is 54.0 Å². The third-order valence-corrected chi connectivity index (χ3v) is 9.42. The number of carboxylic acids is 2. The first-order chi connectivity index (χ1) is 22.6. The molecule has 3 N–H and O–H groups in total. The molecular weight excluding hydrogens is 622 g/mol. The average molecular weight is 664 g/mol. The number of ether oxygens (including phenoxy) is 2. The Morgan fingerprint density at radius 3 is 2.28 bits per heavy atom. The number of methoxy groups -OCH3 is 2. The van der Waals surface area contributed by atoms with Gasteiger partial charge in [-0.05, 0) is 87.8 Å². The van der Waals surface area contributed by atoms with Gasteiger partial charge in [0, 0.05) is 41.1 Å². The van der Waals surface area contributed by atoms with Crippen LogP contribution in [0, 0.1) is 0 Å². The molecule has 11 nitrogen and oxygen atoms in total. The minimum absolute atomic E-state index is 0.0103. The zero-order chi connectivity index (χ0) is 33.9. The number of likely N-dealkylation sites (tertiary alicyclic amines) is 1. The number of hydrogen-bond acceptors (Lipinski definition) is 9. The molecule has 0 saturated carbocycles. The van der Waals surface area contributed by atoms with Crippen LogP contribution in [-0.4, -0.2) is 97.9 Å². The Balaban J connectivity index is 0.000000762. The fourth-order valence-electron chi connectivity index (χ4n) is 5.60. The number of rotatable bonds is 11. The number of hydrogen-bond donors (Lipinski definition) is 3. The van der Waals surface area contributed by atoms with Crippen molar-refractivity contribution in [1.82, 2.24) is 15.1 Å². The van der Waals surface area contributed by atoms with Crippen LogP contribution in [0.2, 0.25) is 0 Å². The van der Waals surface area contributed by atoms with Crippen LogP contribution in [0.1, 0.15) is 35.2 Å². The maximum absolute atomic E-state index is 13.3. The van der Waals surface area contributed by atoms with Gasteiger partial charge < -0.3 is 34.8 Å². The molecule has 2 heterocycles. The largest absolute Gasteiger partial charge is 0.493 e. The first kappa shape index (κ1) is 35.3. The normalized spacial score (nSPS) is 13.6. The van der Waals surface area contributed by atoms with Gasteiger partial charge in [-0.2, -0.15) is 0 Å². The highest BCUT2D eigenvalue weighted by atomic mass is 32.1. The lowest BCUT2D eigenvalue weighted by molar-refractivity contribution is -0.159. The Hall–Kier alpha value is -4.52. The van der Waals surface area contributed by atoms with Crippen molar-refractivity contribution < 1.29 is 34.1 Å². The molecule has 0 spiro atoms. The van der Waals surface area contributed by atoms with Crippen LogP contribution in [-0.2, 0) is 16.0 Å². The molecule has 0 atom stereocenters. The molecule has 1 amide bonds. The average Bonchev–Trinajstić information content (AvgIpc) is 3.08. The summed E-state index contributed by atoms with van der Waals surface area (Å²) in [6.07, 6.45) is 3.95. The molecule has 1 fully saturated rings. The number of benzene rings is 3. The van der Waals surface area contributed by atoms with Crippen LogP contribution in [0.3, 0.4) is 0 Å². The number of carboxylic acid groups (broad SMARTS) is 2. The Morgan fingerprint density at radius 1 is 0.915 bits per heavy atom. The molecule has 1 saturated heterocycles. The molecule has 1 aliphatic rings. The molecule has 12 heteroatoms. The minimum atomic E-state index is -1.82. The number of nitrogens with one attached hydrogen (secondary N) is 1. The highest BCUT2D eigenvalue weighted by molar-refractivity contribution is 7.24. The van der Waals surface area contributed by atoms with Crippen LogP contribution in [0.5, 0.6) is 11.5 Å². The highest BCUT2D eigenvalue weighted by Gasteiger charge is 2.22. The Morgan fingerprint density at radius 2 is 1.60 bits per heavy atom. The maximum Gasteiger partial charge on any atom is 0.414 e. The molecule has 0 radical (unpaired) electrons. The van der Waals surface area contributed by atoms with E-state index in [2.05, 4.69) is 34.3 Å². The second-order valence-corrected chi connectivity index (χ2v) is 12.5. The summed E-state index contributed by atoms with van der Waals surface area (Å²) in [6, 6.07) is 19.3. The Kier molecular flexibility index (Phi) is 12.7. The molecule has 0 bridgehead atoms. The molecule has 4 aromatic rings. The van der Waals surface area contributed by atoms with E-state index in [9.17, 15) is 9.59 Å². The lowest BCUT2D eigenvalue weighted by Crippen LogP contribution is -2.45.